The quantitative estimate of drug-likeness (QED) is 0.621. The zero-order valence-electron chi connectivity index (χ0n) is 13.5. The SMILES string of the molecule is COc1ccc(CO/N=C(\C)c2ccc3c(c2)OCCO3)cc1F. The number of fused-ring (bicyclic) bond motifs is 1. The zero-order chi connectivity index (χ0) is 16.9. The Morgan fingerprint density at radius 1 is 1.12 bits per heavy atom. The Morgan fingerprint density at radius 2 is 1.92 bits per heavy atom. The maximum absolute atomic E-state index is 13.6. The van der Waals surface area contributed by atoms with Crippen LogP contribution < -0.4 is 14.2 Å². The van der Waals surface area contributed by atoms with Crippen molar-refractivity contribution in [1.82, 2.24) is 0 Å². The number of rotatable bonds is 5. The van der Waals surface area contributed by atoms with Crippen molar-refractivity contribution in [2.24, 2.45) is 5.16 Å². The van der Waals surface area contributed by atoms with E-state index in [1.54, 1.807) is 12.1 Å². The summed E-state index contributed by atoms with van der Waals surface area (Å²) < 4.78 is 29.5. The summed E-state index contributed by atoms with van der Waals surface area (Å²) in [5.74, 6) is 1.21. The van der Waals surface area contributed by atoms with Crippen LogP contribution in [0.5, 0.6) is 17.2 Å². The van der Waals surface area contributed by atoms with E-state index in [0.29, 0.717) is 30.2 Å². The van der Waals surface area contributed by atoms with Crippen molar-refractivity contribution in [1.29, 1.82) is 0 Å². The highest BCUT2D eigenvalue weighted by molar-refractivity contribution is 5.98. The minimum atomic E-state index is -0.425. The lowest BCUT2D eigenvalue weighted by Crippen LogP contribution is -2.15. The largest absolute Gasteiger partial charge is 0.494 e. The molecule has 24 heavy (non-hydrogen) atoms. The second kappa shape index (κ2) is 7.21. The van der Waals surface area contributed by atoms with Gasteiger partial charge in [0.05, 0.1) is 12.8 Å². The Bertz CT molecular complexity index is 761. The van der Waals surface area contributed by atoms with Gasteiger partial charge >= 0.3 is 0 Å². The number of ether oxygens (including phenoxy) is 3. The summed E-state index contributed by atoms with van der Waals surface area (Å²) in [6.07, 6.45) is 0. The average molecular weight is 331 g/mol. The van der Waals surface area contributed by atoms with Gasteiger partial charge in [-0.15, -0.1) is 0 Å². The molecule has 0 saturated heterocycles. The molecule has 126 valence electrons. The van der Waals surface area contributed by atoms with Gasteiger partial charge in [0.2, 0.25) is 0 Å². The highest BCUT2D eigenvalue weighted by Gasteiger charge is 2.12. The van der Waals surface area contributed by atoms with Crippen LogP contribution in [0.25, 0.3) is 0 Å². The highest BCUT2D eigenvalue weighted by Crippen LogP contribution is 2.31. The van der Waals surface area contributed by atoms with Crippen LogP contribution >= 0.6 is 0 Å². The third-order valence-corrected chi connectivity index (χ3v) is 3.61. The van der Waals surface area contributed by atoms with Gasteiger partial charge in [-0.1, -0.05) is 11.2 Å². The van der Waals surface area contributed by atoms with Crippen molar-refractivity contribution in [3.63, 3.8) is 0 Å². The van der Waals surface area contributed by atoms with Crippen LogP contribution in [0.1, 0.15) is 18.1 Å². The smallest absolute Gasteiger partial charge is 0.165 e. The molecule has 0 N–H and O–H groups in total. The highest BCUT2D eigenvalue weighted by atomic mass is 19.1. The molecule has 1 aliphatic heterocycles. The first-order chi connectivity index (χ1) is 11.7. The van der Waals surface area contributed by atoms with Crippen LogP contribution in [-0.2, 0) is 11.4 Å². The van der Waals surface area contributed by atoms with E-state index >= 15 is 0 Å². The predicted octanol–water partition coefficient (Wildman–Crippen LogP) is 3.55. The van der Waals surface area contributed by atoms with Gasteiger partial charge in [0.15, 0.2) is 23.1 Å². The molecule has 5 nitrogen and oxygen atoms in total. The number of hydrogen-bond donors (Lipinski definition) is 0. The van der Waals surface area contributed by atoms with Crippen LogP contribution in [0, 0.1) is 5.82 Å². The van der Waals surface area contributed by atoms with Crippen LogP contribution in [0.2, 0.25) is 0 Å². The van der Waals surface area contributed by atoms with E-state index in [1.165, 1.54) is 13.2 Å². The second-order valence-electron chi connectivity index (χ2n) is 5.28. The van der Waals surface area contributed by atoms with Gasteiger partial charge < -0.3 is 19.0 Å². The molecule has 0 aliphatic carbocycles. The standard InChI is InChI=1S/C18H18FNO4/c1-12(14-4-6-17-18(10-14)23-8-7-22-17)20-24-11-13-3-5-16(21-2)15(19)9-13/h3-6,9-10H,7-8,11H2,1-2H3/b20-12+. The topological polar surface area (TPSA) is 49.3 Å². The van der Waals surface area contributed by atoms with Crippen molar-refractivity contribution in [2.75, 3.05) is 20.3 Å². The fourth-order valence-corrected chi connectivity index (χ4v) is 2.32. The van der Waals surface area contributed by atoms with Crippen LogP contribution in [0.4, 0.5) is 4.39 Å². The Labute approximate surface area is 139 Å². The summed E-state index contributed by atoms with van der Waals surface area (Å²) in [6.45, 7) is 3.09. The number of benzene rings is 2. The molecule has 0 radical (unpaired) electrons. The van der Waals surface area contributed by atoms with Crippen molar-refractivity contribution >= 4 is 5.71 Å². The number of halogens is 1. The summed E-state index contributed by atoms with van der Waals surface area (Å²) in [7, 11) is 1.43. The molecule has 0 spiro atoms. The van der Waals surface area contributed by atoms with Gasteiger partial charge in [-0.3, -0.25) is 0 Å². The Morgan fingerprint density at radius 3 is 2.67 bits per heavy atom. The number of nitrogens with zero attached hydrogens (tertiary/aromatic N) is 1. The summed E-state index contributed by atoms with van der Waals surface area (Å²) in [5, 5.41) is 4.08. The molecule has 2 aromatic rings. The van der Waals surface area contributed by atoms with E-state index < -0.39 is 5.82 Å². The fraction of sp³-hybridized carbons (Fsp3) is 0.278. The number of hydrogen-bond acceptors (Lipinski definition) is 5. The normalized spacial score (nSPS) is 13.5. The van der Waals surface area contributed by atoms with Crippen LogP contribution in [-0.4, -0.2) is 26.0 Å². The molecule has 0 unspecified atom stereocenters. The molecule has 6 heteroatoms. The molecule has 0 fully saturated rings. The third kappa shape index (κ3) is 3.59. The van der Waals surface area contributed by atoms with E-state index in [4.69, 9.17) is 19.0 Å². The lowest BCUT2D eigenvalue weighted by Gasteiger charge is -2.18. The molecule has 0 atom stereocenters. The first-order valence-corrected chi connectivity index (χ1v) is 7.56. The minimum Gasteiger partial charge on any atom is -0.494 e. The molecule has 1 heterocycles. The summed E-state index contributed by atoms with van der Waals surface area (Å²) in [4.78, 5) is 5.32. The van der Waals surface area contributed by atoms with Crippen LogP contribution in [0.15, 0.2) is 41.6 Å². The fourth-order valence-electron chi connectivity index (χ4n) is 2.32. The average Bonchev–Trinajstić information content (AvgIpc) is 2.61. The number of methoxy groups -OCH3 is 1. The van der Waals surface area contributed by atoms with E-state index in [2.05, 4.69) is 5.16 Å². The third-order valence-electron chi connectivity index (χ3n) is 3.61. The van der Waals surface area contributed by atoms with E-state index in [1.807, 2.05) is 25.1 Å². The Kier molecular flexibility index (Phi) is 4.84. The number of oxime groups is 1. The molecular formula is C18H18FNO4. The van der Waals surface area contributed by atoms with Crippen molar-refractivity contribution in [3.8, 4) is 17.2 Å². The minimum absolute atomic E-state index is 0.169. The monoisotopic (exact) mass is 331 g/mol. The molecule has 1 aliphatic rings. The first kappa shape index (κ1) is 16.1. The lowest BCUT2D eigenvalue weighted by molar-refractivity contribution is 0.130. The second-order valence-corrected chi connectivity index (χ2v) is 5.28. The molecule has 2 aromatic carbocycles. The predicted molar refractivity (Wildman–Crippen MR) is 87.4 cm³/mol. The summed E-state index contributed by atoms with van der Waals surface area (Å²) in [5.41, 5.74) is 2.24. The molecule has 0 bridgehead atoms. The Hall–Kier alpha value is -2.76. The summed E-state index contributed by atoms with van der Waals surface area (Å²) >= 11 is 0. The maximum Gasteiger partial charge on any atom is 0.165 e. The van der Waals surface area contributed by atoms with Crippen LogP contribution in [0.3, 0.4) is 0 Å². The molecular weight excluding hydrogens is 313 g/mol. The molecule has 0 aromatic heterocycles. The van der Waals surface area contributed by atoms with E-state index in [-0.39, 0.29) is 12.4 Å². The van der Waals surface area contributed by atoms with Crippen molar-refractivity contribution in [3.05, 3.63) is 53.3 Å². The Balaban J connectivity index is 1.65. The van der Waals surface area contributed by atoms with Gasteiger partial charge in [0, 0.05) is 5.56 Å². The zero-order valence-corrected chi connectivity index (χ0v) is 13.5. The van der Waals surface area contributed by atoms with Gasteiger partial charge in [-0.25, -0.2) is 4.39 Å². The van der Waals surface area contributed by atoms with Gasteiger partial charge in [-0.2, -0.15) is 0 Å². The van der Waals surface area contributed by atoms with Gasteiger partial charge in [0.25, 0.3) is 0 Å². The van der Waals surface area contributed by atoms with Crippen molar-refractivity contribution in [2.45, 2.75) is 13.5 Å². The van der Waals surface area contributed by atoms with Gasteiger partial charge in [-0.05, 0) is 42.8 Å². The van der Waals surface area contributed by atoms with Gasteiger partial charge in [0.1, 0.15) is 19.8 Å². The van der Waals surface area contributed by atoms with E-state index in [9.17, 15) is 4.39 Å². The first-order valence-electron chi connectivity index (χ1n) is 7.56. The molecule has 0 amide bonds. The lowest BCUT2D eigenvalue weighted by atomic mass is 10.1. The summed E-state index contributed by atoms with van der Waals surface area (Å²) in [6, 6.07) is 10.3. The molecule has 3 rings (SSSR count). The van der Waals surface area contributed by atoms with E-state index in [0.717, 1.165) is 11.3 Å². The maximum atomic E-state index is 13.6. The molecule has 0 saturated carbocycles. The van der Waals surface area contributed by atoms with Crippen molar-refractivity contribution < 1.29 is 23.4 Å².